The molecule has 2 heterocycles. The predicted molar refractivity (Wildman–Crippen MR) is 96.2 cm³/mol. The molecule has 0 bridgehead atoms. The highest BCUT2D eigenvalue weighted by molar-refractivity contribution is 6.31. The number of H-pyrrole nitrogens is 1. The molecule has 7 nitrogen and oxygen atoms in total. The molecule has 5 atom stereocenters. The Morgan fingerprint density at radius 2 is 1.81 bits per heavy atom. The minimum Gasteiger partial charge on any atom is -0.457 e. The van der Waals surface area contributed by atoms with E-state index in [1.54, 1.807) is 24.4 Å². The fourth-order valence-corrected chi connectivity index (χ4v) is 3.63. The molecule has 0 radical (unpaired) electrons. The van der Waals surface area contributed by atoms with E-state index >= 15 is 0 Å². The number of aliphatic hydroxyl groups is 4. The average Bonchev–Trinajstić information content (AvgIpc) is 2.92. The zero-order valence-corrected chi connectivity index (χ0v) is 15.8. The molecule has 0 amide bonds. The van der Waals surface area contributed by atoms with Crippen LogP contribution in [0.4, 0.5) is 0 Å². The Morgan fingerprint density at radius 3 is 2.42 bits per heavy atom. The first-order valence-corrected chi connectivity index (χ1v) is 8.66. The third-order valence-corrected chi connectivity index (χ3v) is 6.12. The van der Waals surface area contributed by atoms with Crippen molar-refractivity contribution in [3.8, 4) is 5.75 Å². The SMILES string of the molecule is C[C@@]1(Oc2c[nH]c3cc(Cl)ccc23)O[C@H](CO)[C@](C)(O)[C@](C)(O)[C@@]1(C)O. The molecule has 0 aliphatic carbocycles. The number of ether oxygens (including phenoxy) is 2. The van der Waals surface area contributed by atoms with Crippen molar-refractivity contribution >= 4 is 22.5 Å². The highest BCUT2D eigenvalue weighted by Crippen LogP contribution is 2.50. The number of fused-ring (bicyclic) bond motifs is 1. The molecular weight excluding hydrogens is 362 g/mol. The van der Waals surface area contributed by atoms with Gasteiger partial charge >= 0.3 is 0 Å². The van der Waals surface area contributed by atoms with E-state index in [0.717, 1.165) is 5.52 Å². The van der Waals surface area contributed by atoms with Gasteiger partial charge in [0.05, 0.1) is 12.1 Å². The normalized spacial score (nSPS) is 40.7. The van der Waals surface area contributed by atoms with E-state index in [9.17, 15) is 20.4 Å². The topological polar surface area (TPSA) is 115 Å². The van der Waals surface area contributed by atoms with Crippen molar-refractivity contribution < 1.29 is 29.9 Å². The summed E-state index contributed by atoms with van der Waals surface area (Å²) in [5, 5.41) is 43.6. The second kappa shape index (κ2) is 5.82. The van der Waals surface area contributed by atoms with E-state index in [-0.39, 0.29) is 0 Å². The molecule has 0 saturated carbocycles. The second-order valence-corrected chi connectivity index (χ2v) is 7.91. The maximum atomic E-state index is 11.1. The van der Waals surface area contributed by atoms with Crippen LogP contribution in [-0.4, -0.2) is 60.7 Å². The minimum absolute atomic E-state index is 0.369. The molecule has 1 saturated heterocycles. The maximum Gasteiger partial charge on any atom is 0.239 e. The third-order valence-electron chi connectivity index (χ3n) is 5.89. The molecule has 2 aromatic rings. The van der Waals surface area contributed by atoms with Gasteiger partial charge in [-0.3, -0.25) is 0 Å². The summed E-state index contributed by atoms with van der Waals surface area (Å²) < 4.78 is 11.7. The van der Waals surface area contributed by atoms with Gasteiger partial charge in [0.15, 0.2) is 5.60 Å². The van der Waals surface area contributed by atoms with Crippen LogP contribution in [0.5, 0.6) is 5.75 Å². The number of aliphatic hydroxyl groups excluding tert-OH is 1. The fraction of sp³-hybridized carbons (Fsp3) is 0.556. The zero-order valence-electron chi connectivity index (χ0n) is 15.1. The largest absolute Gasteiger partial charge is 0.457 e. The van der Waals surface area contributed by atoms with E-state index in [0.29, 0.717) is 16.2 Å². The molecule has 0 spiro atoms. The predicted octanol–water partition coefficient (Wildman–Crippen LogP) is 1.56. The van der Waals surface area contributed by atoms with Crippen molar-refractivity contribution in [1.29, 1.82) is 0 Å². The quantitative estimate of drug-likeness (QED) is 0.547. The standard InChI is InChI=1S/C18H24ClNO6/c1-15(22)14(9-21)26-18(4,17(3,24)16(15,2)23)25-13-8-20-12-7-10(19)5-6-11(12)13/h5-8,14,20-24H,9H2,1-4H3/t14-,15+,16+,17-,18-/m1/s1. The van der Waals surface area contributed by atoms with Crippen molar-refractivity contribution in [2.24, 2.45) is 0 Å². The lowest BCUT2D eigenvalue weighted by Crippen LogP contribution is -2.82. The lowest BCUT2D eigenvalue weighted by Gasteiger charge is -2.61. The smallest absolute Gasteiger partial charge is 0.239 e. The molecule has 0 unspecified atom stereocenters. The van der Waals surface area contributed by atoms with Gasteiger partial charge in [0.25, 0.3) is 0 Å². The molecule has 1 aliphatic rings. The maximum absolute atomic E-state index is 11.1. The lowest BCUT2D eigenvalue weighted by molar-refractivity contribution is -0.415. The van der Waals surface area contributed by atoms with E-state index in [1.165, 1.54) is 27.7 Å². The zero-order chi connectivity index (χ0) is 19.5. The van der Waals surface area contributed by atoms with Gasteiger partial charge in [-0.2, -0.15) is 0 Å². The van der Waals surface area contributed by atoms with Gasteiger partial charge in [-0.15, -0.1) is 0 Å². The molecule has 8 heteroatoms. The van der Waals surface area contributed by atoms with Gasteiger partial charge in [0, 0.05) is 23.5 Å². The van der Waals surface area contributed by atoms with Crippen LogP contribution >= 0.6 is 11.6 Å². The Kier molecular flexibility index (Phi) is 4.35. The van der Waals surface area contributed by atoms with Crippen LogP contribution < -0.4 is 4.74 Å². The average molecular weight is 386 g/mol. The number of rotatable bonds is 3. The summed E-state index contributed by atoms with van der Waals surface area (Å²) in [6.07, 6.45) is 0.406. The van der Waals surface area contributed by atoms with Gasteiger partial charge in [-0.05, 0) is 39.0 Å². The monoisotopic (exact) mass is 385 g/mol. The fourth-order valence-electron chi connectivity index (χ4n) is 3.45. The van der Waals surface area contributed by atoms with Gasteiger partial charge in [0.1, 0.15) is 23.1 Å². The van der Waals surface area contributed by atoms with Crippen molar-refractivity contribution in [2.75, 3.05) is 6.61 Å². The number of halogens is 1. The molecule has 144 valence electrons. The molecule has 26 heavy (non-hydrogen) atoms. The van der Waals surface area contributed by atoms with E-state index in [1.807, 2.05) is 0 Å². The van der Waals surface area contributed by atoms with Crippen molar-refractivity contribution in [3.63, 3.8) is 0 Å². The van der Waals surface area contributed by atoms with Crippen molar-refractivity contribution in [1.82, 2.24) is 4.98 Å². The highest BCUT2D eigenvalue weighted by Gasteiger charge is 2.71. The highest BCUT2D eigenvalue weighted by atomic mass is 35.5. The van der Waals surface area contributed by atoms with Gasteiger partial charge in [-0.1, -0.05) is 11.6 Å². The molecule has 5 N–H and O–H groups in total. The van der Waals surface area contributed by atoms with E-state index < -0.39 is 35.3 Å². The van der Waals surface area contributed by atoms with Crippen LogP contribution in [0.25, 0.3) is 10.9 Å². The lowest BCUT2D eigenvalue weighted by atomic mass is 9.65. The number of nitrogens with one attached hydrogen (secondary N) is 1. The van der Waals surface area contributed by atoms with Gasteiger partial charge < -0.3 is 34.9 Å². The molecular formula is C18H24ClNO6. The molecule has 1 aliphatic heterocycles. The summed E-state index contributed by atoms with van der Waals surface area (Å²) in [5.74, 6) is -1.39. The van der Waals surface area contributed by atoms with E-state index in [4.69, 9.17) is 21.1 Å². The molecule has 1 fully saturated rings. The second-order valence-electron chi connectivity index (χ2n) is 7.47. The summed E-state index contributed by atoms with van der Waals surface area (Å²) in [5.41, 5.74) is -5.26. The van der Waals surface area contributed by atoms with Crippen LogP contribution in [0.1, 0.15) is 27.7 Å². The van der Waals surface area contributed by atoms with Gasteiger partial charge in [-0.25, -0.2) is 0 Å². The Hall–Kier alpha value is -1.35. The Bertz CT molecular complexity index is 830. The first-order valence-electron chi connectivity index (χ1n) is 8.29. The summed E-state index contributed by atoms with van der Waals surface area (Å²) >= 11 is 5.99. The number of benzene rings is 1. The Morgan fingerprint density at radius 1 is 1.15 bits per heavy atom. The third kappa shape index (κ3) is 2.46. The van der Waals surface area contributed by atoms with Crippen molar-refractivity contribution in [2.45, 2.75) is 56.4 Å². The van der Waals surface area contributed by atoms with E-state index in [2.05, 4.69) is 4.98 Å². The number of hydrogen-bond acceptors (Lipinski definition) is 6. The van der Waals surface area contributed by atoms with Crippen LogP contribution in [-0.2, 0) is 4.74 Å². The number of aromatic amines is 1. The number of hydrogen-bond donors (Lipinski definition) is 5. The summed E-state index contributed by atoms with van der Waals surface area (Å²) in [6, 6.07) is 5.18. The first-order chi connectivity index (χ1) is 11.9. The van der Waals surface area contributed by atoms with Crippen LogP contribution in [0.2, 0.25) is 5.02 Å². The summed E-state index contributed by atoms with van der Waals surface area (Å²) in [6.45, 7) is 4.79. The summed E-state index contributed by atoms with van der Waals surface area (Å²) in [7, 11) is 0. The molecule has 1 aromatic carbocycles. The summed E-state index contributed by atoms with van der Waals surface area (Å²) in [4.78, 5) is 3.02. The van der Waals surface area contributed by atoms with Crippen LogP contribution in [0.15, 0.2) is 24.4 Å². The molecule has 1 aromatic heterocycles. The Labute approximate surface area is 156 Å². The molecule has 3 rings (SSSR count). The van der Waals surface area contributed by atoms with Crippen LogP contribution in [0, 0.1) is 0 Å². The number of aromatic nitrogens is 1. The minimum atomic E-state index is -2.05. The first kappa shape index (κ1) is 19.4. The van der Waals surface area contributed by atoms with Gasteiger partial charge in [0.2, 0.25) is 5.79 Å². The van der Waals surface area contributed by atoms with Crippen LogP contribution in [0.3, 0.4) is 0 Å². The Balaban J connectivity index is 2.06. The van der Waals surface area contributed by atoms with Crippen molar-refractivity contribution in [3.05, 3.63) is 29.4 Å².